The zero-order valence-electron chi connectivity index (χ0n) is 15.4. The summed E-state index contributed by atoms with van der Waals surface area (Å²) in [6.45, 7) is 5.47. The monoisotopic (exact) mass is 403 g/mol. The van der Waals surface area contributed by atoms with Gasteiger partial charge in [-0.2, -0.15) is 0 Å². The molecule has 1 amide bonds. The first-order valence-electron chi connectivity index (χ1n) is 8.31. The van der Waals surface area contributed by atoms with Gasteiger partial charge in [0.05, 0.1) is 18.4 Å². The molecule has 3 rings (SSSR count). The van der Waals surface area contributed by atoms with Crippen LogP contribution in [0.25, 0.3) is 11.2 Å². The Morgan fingerprint density at radius 3 is 2.68 bits per heavy atom. The molecule has 0 aliphatic carbocycles. The number of amides is 1. The van der Waals surface area contributed by atoms with Gasteiger partial charge in [0, 0.05) is 5.02 Å². The van der Waals surface area contributed by atoms with E-state index in [9.17, 15) is 14.7 Å². The first-order chi connectivity index (χ1) is 13.1. The molecule has 0 saturated carbocycles. The van der Waals surface area contributed by atoms with Gasteiger partial charge >= 0.3 is 12.1 Å². The first-order valence-corrected chi connectivity index (χ1v) is 8.69. The standard InChI is InChI=1S/C18H18ClN5O4/c1-18(2,3)28-17(27)23-14-13-15(21-8-20-14)24(9-22-13)7-10-4-5-11(19)6-12(10)16(25)26/h4-6,8-9H,7H2,1-3H3,(H,25,26)(H,20,21,23,27). The second kappa shape index (κ2) is 7.43. The SMILES string of the molecule is CC(C)(C)OC(=O)Nc1ncnc2c1ncn2Cc1ccc(Cl)cc1C(=O)O. The van der Waals surface area contributed by atoms with E-state index in [1.54, 1.807) is 37.5 Å². The molecule has 0 fully saturated rings. The number of benzene rings is 1. The van der Waals surface area contributed by atoms with Gasteiger partial charge in [-0.25, -0.2) is 24.5 Å². The molecule has 1 aromatic carbocycles. The number of halogens is 1. The number of imidazole rings is 1. The van der Waals surface area contributed by atoms with E-state index < -0.39 is 17.7 Å². The number of ether oxygens (including phenoxy) is 1. The van der Waals surface area contributed by atoms with Crippen LogP contribution in [-0.2, 0) is 11.3 Å². The maximum Gasteiger partial charge on any atom is 0.413 e. The lowest BCUT2D eigenvalue weighted by atomic mass is 10.1. The highest BCUT2D eigenvalue weighted by Gasteiger charge is 2.19. The normalized spacial score (nSPS) is 11.4. The third-order valence-electron chi connectivity index (χ3n) is 3.66. The summed E-state index contributed by atoms with van der Waals surface area (Å²) in [5.41, 5.74) is 0.774. The predicted octanol–water partition coefficient (Wildman–Crippen LogP) is 3.57. The molecule has 0 saturated heterocycles. The number of rotatable bonds is 4. The summed E-state index contributed by atoms with van der Waals surface area (Å²) < 4.78 is 6.88. The average Bonchev–Trinajstić information content (AvgIpc) is 2.98. The van der Waals surface area contributed by atoms with Crippen LogP contribution in [0.3, 0.4) is 0 Å². The van der Waals surface area contributed by atoms with E-state index >= 15 is 0 Å². The van der Waals surface area contributed by atoms with Gasteiger partial charge < -0.3 is 14.4 Å². The van der Waals surface area contributed by atoms with Gasteiger partial charge in [0.1, 0.15) is 11.9 Å². The highest BCUT2D eigenvalue weighted by atomic mass is 35.5. The topological polar surface area (TPSA) is 119 Å². The van der Waals surface area contributed by atoms with Crippen molar-refractivity contribution < 1.29 is 19.4 Å². The molecule has 10 heteroatoms. The Bertz CT molecular complexity index is 1060. The van der Waals surface area contributed by atoms with Crippen molar-refractivity contribution >= 4 is 40.6 Å². The smallest absolute Gasteiger partial charge is 0.413 e. The van der Waals surface area contributed by atoms with Crippen LogP contribution in [0.2, 0.25) is 5.02 Å². The van der Waals surface area contributed by atoms with Crippen molar-refractivity contribution in [3.63, 3.8) is 0 Å². The number of anilines is 1. The van der Waals surface area contributed by atoms with Gasteiger partial charge in [0.2, 0.25) is 0 Å². The summed E-state index contributed by atoms with van der Waals surface area (Å²) in [5.74, 6) is -0.878. The molecule has 0 aliphatic rings. The van der Waals surface area contributed by atoms with Crippen molar-refractivity contribution in [1.82, 2.24) is 19.5 Å². The molecule has 0 unspecified atom stereocenters. The number of aromatic nitrogens is 4. The highest BCUT2D eigenvalue weighted by Crippen LogP contribution is 2.22. The van der Waals surface area contributed by atoms with E-state index in [1.165, 1.54) is 18.7 Å². The summed E-state index contributed by atoms with van der Waals surface area (Å²) >= 11 is 5.90. The van der Waals surface area contributed by atoms with Gasteiger partial charge in [-0.3, -0.25) is 5.32 Å². The second-order valence-corrected chi connectivity index (χ2v) is 7.44. The molecular weight excluding hydrogens is 386 g/mol. The number of hydrogen-bond donors (Lipinski definition) is 2. The molecule has 0 spiro atoms. The number of carboxylic acids is 1. The van der Waals surface area contributed by atoms with E-state index in [4.69, 9.17) is 16.3 Å². The Morgan fingerprint density at radius 1 is 1.25 bits per heavy atom. The number of hydrogen-bond acceptors (Lipinski definition) is 6. The van der Waals surface area contributed by atoms with Crippen LogP contribution < -0.4 is 5.32 Å². The molecule has 2 heterocycles. The number of carbonyl (C=O) groups excluding carboxylic acids is 1. The fourth-order valence-corrected chi connectivity index (χ4v) is 2.73. The average molecular weight is 404 g/mol. The fourth-order valence-electron chi connectivity index (χ4n) is 2.56. The van der Waals surface area contributed by atoms with Crippen LogP contribution in [0, 0.1) is 0 Å². The molecule has 146 valence electrons. The molecule has 0 radical (unpaired) electrons. The van der Waals surface area contributed by atoms with E-state index in [0.717, 1.165) is 0 Å². The summed E-state index contributed by atoms with van der Waals surface area (Å²) in [5, 5.41) is 12.3. The minimum Gasteiger partial charge on any atom is -0.478 e. The van der Waals surface area contributed by atoms with E-state index in [2.05, 4.69) is 20.3 Å². The van der Waals surface area contributed by atoms with Gasteiger partial charge in [-0.15, -0.1) is 0 Å². The molecule has 2 aromatic heterocycles. The molecule has 28 heavy (non-hydrogen) atoms. The summed E-state index contributed by atoms with van der Waals surface area (Å²) in [6.07, 6.45) is 2.13. The Kier molecular flexibility index (Phi) is 5.19. The third-order valence-corrected chi connectivity index (χ3v) is 3.90. The molecule has 9 nitrogen and oxygen atoms in total. The minimum atomic E-state index is -1.08. The number of carboxylic acid groups (broad SMARTS) is 1. The fraction of sp³-hybridized carbons (Fsp3) is 0.278. The zero-order valence-corrected chi connectivity index (χ0v) is 16.2. The number of nitrogens with one attached hydrogen (secondary N) is 1. The molecule has 0 aliphatic heterocycles. The number of carbonyl (C=O) groups is 2. The van der Waals surface area contributed by atoms with Crippen molar-refractivity contribution in [2.24, 2.45) is 0 Å². The molecule has 2 N–H and O–H groups in total. The Labute approximate surface area is 165 Å². The van der Waals surface area contributed by atoms with Crippen LogP contribution in [0.5, 0.6) is 0 Å². The third kappa shape index (κ3) is 4.37. The predicted molar refractivity (Wildman–Crippen MR) is 103 cm³/mol. The Hall–Kier alpha value is -3.20. The van der Waals surface area contributed by atoms with Crippen molar-refractivity contribution in [3.8, 4) is 0 Å². The van der Waals surface area contributed by atoms with E-state index in [0.29, 0.717) is 21.7 Å². The van der Waals surface area contributed by atoms with Gasteiger partial charge in [0.25, 0.3) is 0 Å². The van der Waals surface area contributed by atoms with Crippen molar-refractivity contribution in [2.45, 2.75) is 32.9 Å². The lowest BCUT2D eigenvalue weighted by Crippen LogP contribution is -2.27. The van der Waals surface area contributed by atoms with Gasteiger partial charge in [0.15, 0.2) is 17.0 Å². The summed E-state index contributed by atoms with van der Waals surface area (Å²) in [6, 6.07) is 4.65. The molecular formula is C18H18ClN5O4. The Balaban J connectivity index is 1.92. The van der Waals surface area contributed by atoms with Crippen molar-refractivity contribution in [3.05, 3.63) is 47.0 Å². The van der Waals surface area contributed by atoms with Crippen LogP contribution in [0.1, 0.15) is 36.7 Å². The lowest BCUT2D eigenvalue weighted by Gasteiger charge is -2.19. The van der Waals surface area contributed by atoms with E-state index in [-0.39, 0.29) is 17.9 Å². The van der Waals surface area contributed by atoms with Crippen LogP contribution >= 0.6 is 11.6 Å². The summed E-state index contributed by atoms with van der Waals surface area (Å²) in [7, 11) is 0. The number of fused-ring (bicyclic) bond motifs is 1. The number of nitrogens with zero attached hydrogens (tertiary/aromatic N) is 4. The molecule has 0 atom stereocenters. The summed E-state index contributed by atoms with van der Waals surface area (Å²) in [4.78, 5) is 36.0. The largest absolute Gasteiger partial charge is 0.478 e. The highest BCUT2D eigenvalue weighted by molar-refractivity contribution is 6.31. The Morgan fingerprint density at radius 2 is 2.00 bits per heavy atom. The second-order valence-electron chi connectivity index (χ2n) is 7.00. The number of aromatic carboxylic acids is 1. The van der Waals surface area contributed by atoms with Crippen LogP contribution in [-0.4, -0.2) is 42.3 Å². The quantitative estimate of drug-likeness (QED) is 0.683. The van der Waals surface area contributed by atoms with Gasteiger partial charge in [-0.05, 0) is 38.5 Å². The molecule has 0 bridgehead atoms. The lowest BCUT2D eigenvalue weighted by molar-refractivity contribution is 0.0633. The zero-order chi connectivity index (χ0) is 20.5. The minimum absolute atomic E-state index is 0.0931. The maximum atomic E-state index is 12.0. The van der Waals surface area contributed by atoms with Gasteiger partial charge in [-0.1, -0.05) is 17.7 Å². The maximum absolute atomic E-state index is 12.0. The van der Waals surface area contributed by atoms with Crippen LogP contribution in [0.15, 0.2) is 30.9 Å². The van der Waals surface area contributed by atoms with Crippen molar-refractivity contribution in [1.29, 1.82) is 0 Å². The van der Waals surface area contributed by atoms with Crippen molar-refractivity contribution in [2.75, 3.05) is 5.32 Å². The molecule has 3 aromatic rings. The first kappa shape index (κ1) is 19.6. The van der Waals surface area contributed by atoms with Crippen LogP contribution in [0.4, 0.5) is 10.6 Å². The van der Waals surface area contributed by atoms with E-state index in [1.807, 2.05) is 0 Å².